The van der Waals surface area contributed by atoms with E-state index in [0.717, 1.165) is 25.7 Å². The largest absolute Gasteiger partial charge is 0.459 e. The predicted molar refractivity (Wildman–Crippen MR) is 118 cm³/mol. The first kappa shape index (κ1) is 22.7. The number of rotatable bonds is 5. The third-order valence-electron chi connectivity index (χ3n) is 6.64. The molecule has 3 aliphatic rings. The molecule has 32 heavy (non-hydrogen) atoms. The van der Waals surface area contributed by atoms with Crippen molar-refractivity contribution in [3.63, 3.8) is 0 Å². The maximum atomic E-state index is 15.0. The van der Waals surface area contributed by atoms with Gasteiger partial charge in [-0.1, -0.05) is 6.07 Å². The number of hydrogen-bond donors (Lipinski definition) is 2. The zero-order valence-corrected chi connectivity index (χ0v) is 18.9. The van der Waals surface area contributed by atoms with Crippen molar-refractivity contribution >= 4 is 23.5 Å². The highest BCUT2D eigenvalue weighted by Gasteiger charge is 2.42. The molecule has 3 saturated heterocycles. The number of carbonyl (C=O) groups excluding carboxylic acids is 3. The summed E-state index contributed by atoms with van der Waals surface area (Å²) >= 11 is 0. The zero-order chi connectivity index (χ0) is 23.0. The van der Waals surface area contributed by atoms with E-state index in [1.165, 1.54) is 6.07 Å². The quantitative estimate of drug-likeness (QED) is 0.535. The van der Waals surface area contributed by atoms with Gasteiger partial charge in [0.25, 0.3) is 0 Å². The summed E-state index contributed by atoms with van der Waals surface area (Å²) in [5.74, 6) is -1.04. The number of carbonyl (C=O) groups is 3. The summed E-state index contributed by atoms with van der Waals surface area (Å²) in [7, 11) is 0. The number of nitrogens with one attached hydrogen (secondary N) is 2. The average molecular weight is 446 g/mol. The minimum absolute atomic E-state index is 0.104. The summed E-state index contributed by atoms with van der Waals surface area (Å²) < 4.78 is 20.5. The van der Waals surface area contributed by atoms with Gasteiger partial charge in [0, 0.05) is 24.2 Å². The number of nitrogens with zero attached hydrogens (tertiary/aromatic N) is 1. The molecule has 0 radical (unpaired) electrons. The number of piperidine rings is 2. The molecule has 1 aromatic carbocycles. The van der Waals surface area contributed by atoms with Crippen LogP contribution in [0.3, 0.4) is 0 Å². The molecule has 0 spiro atoms. The highest BCUT2D eigenvalue weighted by Crippen LogP contribution is 2.43. The fourth-order valence-electron chi connectivity index (χ4n) is 5.29. The standard InChI is InChI=1S/C24H32FN3O4/c1-24(2,3)32-22(30)13-28-16-5-6-17(28)11-14(10-16)18-7-4-15(12-19(18)25)26-20-8-9-21(29)27-23(20)31/h4,7,12,14,16-17,20,26H,5-6,8-11,13H2,1-3H3,(H,27,29,31). The number of amides is 2. The van der Waals surface area contributed by atoms with Crippen molar-refractivity contribution in [2.45, 2.75) is 88.9 Å². The molecule has 174 valence electrons. The minimum Gasteiger partial charge on any atom is -0.459 e. The number of imide groups is 1. The second kappa shape index (κ2) is 8.81. The number of hydrogen-bond acceptors (Lipinski definition) is 6. The molecule has 2 amide bonds. The van der Waals surface area contributed by atoms with Crippen LogP contribution >= 0.6 is 0 Å². The molecular formula is C24H32FN3O4. The molecule has 0 aliphatic carbocycles. The van der Waals surface area contributed by atoms with Gasteiger partial charge >= 0.3 is 5.97 Å². The van der Waals surface area contributed by atoms with Crippen LogP contribution in [0.15, 0.2) is 18.2 Å². The third-order valence-corrected chi connectivity index (χ3v) is 6.64. The number of ether oxygens (including phenoxy) is 1. The van der Waals surface area contributed by atoms with E-state index in [1.54, 1.807) is 12.1 Å². The van der Waals surface area contributed by atoms with Gasteiger partial charge < -0.3 is 10.1 Å². The van der Waals surface area contributed by atoms with Crippen LogP contribution < -0.4 is 10.6 Å². The number of fused-ring (bicyclic) bond motifs is 2. The van der Waals surface area contributed by atoms with E-state index in [2.05, 4.69) is 15.5 Å². The molecule has 2 N–H and O–H groups in total. The Morgan fingerprint density at radius 3 is 2.47 bits per heavy atom. The second-order valence-corrected chi connectivity index (χ2v) is 10.2. The van der Waals surface area contributed by atoms with Gasteiger partial charge in [0.15, 0.2) is 0 Å². The molecule has 3 atom stereocenters. The molecule has 2 bridgehead atoms. The summed E-state index contributed by atoms with van der Waals surface area (Å²) in [6.07, 6.45) is 4.33. The Bertz CT molecular complexity index is 899. The van der Waals surface area contributed by atoms with Gasteiger partial charge in [-0.25, -0.2) is 4.39 Å². The molecule has 3 aliphatic heterocycles. The first-order chi connectivity index (χ1) is 15.1. The Labute approximate surface area is 188 Å². The van der Waals surface area contributed by atoms with Crippen molar-refractivity contribution in [1.82, 2.24) is 10.2 Å². The van der Waals surface area contributed by atoms with E-state index in [0.29, 0.717) is 17.7 Å². The Balaban J connectivity index is 1.38. The lowest BCUT2D eigenvalue weighted by Gasteiger charge is -2.39. The smallest absolute Gasteiger partial charge is 0.320 e. The lowest BCUT2D eigenvalue weighted by atomic mass is 9.84. The molecule has 7 nitrogen and oxygen atoms in total. The normalized spacial score (nSPS) is 28.4. The highest BCUT2D eigenvalue weighted by atomic mass is 19.1. The first-order valence-corrected chi connectivity index (χ1v) is 11.5. The molecule has 1 aromatic rings. The van der Waals surface area contributed by atoms with Gasteiger partial charge in [-0.2, -0.15) is 0 Å². The molecular weight excluding hydrogens is 413 g/mol. The van der Waals surface area contributed by atoms with Gasteiger partial charge in [-0.15, -0.1) is 0 Å². The zero-order valence-electron chi connectivity index (χ0n) is 18.9. The fraction of sp³-hybridized carbons (Fsp3) is 0.625. The number of esters is 1. The number of anilines is 1. The highest BCUT2D eigenvalue weighted by molar-refractivity contribution is 6.01. The van der Waals surface area contributed by atoms with E-state index in [9.17, 15) is 14.4 Å². The van der Waals surface area contributed by atoms with Crippen LogP contribution in [-0.4, -0.2) is 53.0 Å². The number of benzene rings is 1. The van der Waals surface area contributed by atoms with Gasteiger partial charge in [-0.05, 0) is 76.5 Å². The third kappa shape index (κ3) is 5.11. The first-order valence-electron chi connectivity index (χ1n) is 11.5. The molecule has 3 heterocycles. The van der Waals surface area contributed by atoms with Crippen molar-refractivity contribution in [3.8, 4) is 0 Å². The predicted octanol–water partition coefficient (Wildman–Crippen LogP) is 3.09. The van der Waals surface area contributed by atoms with E-state index in [4.69, 9.17) is 4.74 Å². The Morgan fingerprint density at radius 1 is 1.19 bits per heavy atom. The SMILES string of the molecule is CC(C)(C)OC(=O)CN1C2CCC1CC(c1ccc(NC3CCC(=O)NC3=O)cc1F)C2. The van der Waals surface area contributed by atoms with Gasteiger partial charge in [-0.3, -0.25) is 24.6 Å². The van der Waals surface area contributed by atoms with E-state index in [1.807, 2.05) is 20.8 Å². The average Bonchev–Trinajstić information content (AvgIpc) is 2.91. The van der Waals surface area contributed by atoms with Crippen molar-refractivity contribution in [2.75, 3.05) is 11.9 Å². The van der Waals surface area contributed by atoms with Gasteiger partial charge in [0.2, 0.25) is 11.8 Å². The number of halogens is 1. The van der Waals surface area contributed by atoms with Crippen LogP contribution in [0.5, 0.6) is 0 Å². The van der Waals surface area contributed by atoms with Crippen molar-refractivity contribution in [2.24, 2.45) is 0 Å². The second-order valence-electron chi connectivity index (χ2n) is 10.2. The summed E-state index contributed by atoms with van der Waals surface area (Å²) in [5, 5.41) is 5.34. The van der Waals surface area contributed by atoms with Crippen LogP contribution in [0.1, 0.15) is 70.8 Å². The molecule has 0 saturated carbocycles. The van der Waals surface area contributed by atoms with Crippen molar-refractivity contribution < 1.29 is 23.5 Å². The molecule has 4 rings (SSSR count). The van der Waals surface area contributed by atoms with E-state index in [-0.39, 0.29) is 54.6 Å². The molecule has 8 heteroatoms. The topological polar surface area (TPSA) is 87.7 Å². The Morgan fingerprint density at radius 2 is 1.88 bits per heavy atom. The van der Waals surface area contributed by atoms with Crippen LogP contribution in [0.4, 0.5) is 10.1 Å². The van der Waals surface area contributed by atoms with Crippen LogP contribution in [0.25, 0.3) is 0 Å². The van der Waals surface area contributed by atoms with E-state index < -0.39 is 11.6 Å². The molecule has 3 fully saturated rings. The Hall–Kier alpha value is -2.48. The van der Waals surface area contributed by atoms with Crippen LogP contribution in [0.2, 0.25) is 0 Å². The minimum atomic E-state index is -0.537. The van der Waals surface area contributed by atoms with Crippen LogP contribution in [-0.2, 0) is 19.1 Å². The van der Waals surface area contributed by atoms with Crippen molar-refractivity contribution in [3.05, 3.63) is 29.6 Å². The monoisotopic (exact) mass is 445 g/mol. The summed E-state index contributed by atoms with van der Waals surface area (Å²) in [6, 6.07) is 5.02. The van der Waals surface area contributed by atoms with Gasteiger partial charge in [0.05, 0.1) is 6.54 Å². The molecule has 0 aromatic heterocycles. The molecule has 3 unspecified atom stereocenters. The Kier molecular flexibility index (Phi) is 6.25. The maximum Gasteiger partial charge on any atom is 0.320 e. The summed E-state index contributed by atoms with van der Waals surface area (Å²) in [4.78, 5) is 37.8. The maximum absolute atomic E-state index is 15.0. The van der Waals surface area contributed by atoms with Crippen molar-refractivity contribution in [1.29, 1.82) is 0 Å². The summed E-state index contributed by atoms with van der Waals surface area (Å²) in [6.45, 7) is 5.89. The lowest BCUT2D eigenvalue weighted by molar-refractivity contribution is -0.157. The lowest BCUT2D eigenvalue weighted by Crippen LogP contribution is -2.47. The van der Waals surface area contributed by atoms with E-state index >= 15 is 4.39 Å². The van der Waals surface area contributed by atoms with Gasteiger partial charge in [0.1, 0.15) is 17.5 Å². The summed E-state index contributed by atoms with van der Waals surface area (Å²) in [5.41, 5.74) is 0.722. The fourth-order valence-corrected chi connectivity index (χ4v) is 5.29. The van der Waals surface area contributed by atoms with Crippen LogP contribution in [0, 0.1) is 5.82 Å².